The number of rotatable bonds is 5. The van der Waals surface area contributed by atoms with Crippen molar-refractivity contribution < 1.29 is 9.84 Å². The van der Waals surface area contributed by atoms with E-state index in [0.29, 0.717) is 12.6 Å². The van der Waals surface area contributed by atoms with E-state index in [1.807, 2.05) is 6.92 Å². The maximum Gasteiger partial charge on any atom is 0.0771 e. The molecule has 1 fully saturated rings. The molecule has 13 heavy (non-hydrogen) atoms. The molecule has 0 amide bonds. The standard InChI is InChI=1S/C10H21NO2/c1-8(9(2)13-3)11-7-10(12)5-4-6-10/h8-9,11-12H,4-7H2,1-3H3. The van der Waals surface area contributed by atoms with Crippen molar-refractivity contribution in [1.29, 1.82) is 0 Å². The molecule has 78 valence electrons. The lowest BCUT2D eigenvalue weighted by Crippen LogP contribution is -2.50. The number of hydrogen-bond acceptors (Lipinski definition) is 3. The highest BCUT2D eigenvalue weighted by Gasteiger charge is 2.34. The summed E-state index contributed by atoms with van der Waals surface area (Å²) in [6, 6.07) is 0.301. The number of hydrogen-bond donors (Lipinski definition) is 2. The summed E-state index contributed by atoms with van der Waals surface area (Å²) in [6.07, 6.45) is 3.23. The highest BCUT2D eigenvalue weighted by atomic mass is 16.5. The molecule has 3 heteroatoms. The molecule has 0 spiro atoms. The molecule has 3 nitrogen and oxygen atoms in total. The zero-order valence-electron chi connectivity index (χ0n) is 8.84. The van der Waals surface area contributed by atoms with Crippen LogP contribution < -0.4 is 5.32 Å². The van der Waals surface area contributed by atoms with E-state index in [1.165, 1.54) is 0 Å². The summed E-state index contributed by atoms with van der Waals surface area (Å²) in [4.78, 5) is 0. The molecule has 0 aromatic heterocycles. The van der Waals surface area contributed by atoms with E-state index in [2.05, 4.69) is 12.2 Å². The summed E-state index contributed by atoms with van der Waals surface area (Å²) in [5, 5.41) is 13.1. The number of aliphatic hydroxyl groups is 1. The van der Waals surface area contributed by atoms with E-state index >= 15 is 0 Å². The van der Waals surface area contributed by atoms with E-state index in [9.17, 15) is 5.11 Å². The summed E-state index contributed by atoms with van der Waals surface area (Å²) >= 11 is 0. The minimum atomic E-state index is -0.429. The molecule has 0 bridgehead atoms. The molecule has 1 saturated carbocycles. The topological polar surface area (TPSA) is 41.5 Å². The zero-order valence-corrected chi connectivity index (χ0v) is 8.84. The highest BCUT2D eigenvalue weighted by molar-refractivity contribution is 4.90. The Balaban J connectivity index is 2.17. The minimum Gasteiger partial charge on any atom is -0.389 e. The first-order valence-electron chi connectivity index (χ1n) is 5.06. The maximum atomic E-state index is 9.81. The molecule has 1 aliphatic carbocycles. The Morgan fingerprint density at radius 1 is 1.46 bits per heavy atom. The Labute approximate surface area is 80.5 Å². The van der Waals surface area contributed by atoms with Gasteiger partial charge in [0.05, 0.1) is 11.7 Å². The fourth-order valence-electron chi connectivity index (χ4n) is 1.48. The van der Waals surface area contributed by atoms with E-state index in [-0.39, 0.29) is 6.10 Å². The summed E-state index contributed by atoms with van der Waals surface area (Å²) in [5.41, 5.74) is -0.429. The van der Waals surface area contributed by atoms with Crippen LogP contribution in [0.4, 0.5) is 0 Å². The van der Waals surface area contributed by atoms with Gasteiger partial charge in [-0.2, -0.15) is 0 Å². The van der Waals surface area contributed by atoms with Crippen LogP contribution in [0.3, 0.4) is 0 Å². The lowest BCUT2D eigenvalue weighted by Gasteiger charge is -2.38. The normalized spacial score (nSPS) is 24.9. The first kappa shape index (κ1) is 11.0. The van der Waals surface area contributed by atoms with Crippen LogP contribution in [-0.4, -0.2) is 36.5 Å². The summed E-state index contributed by atoms with van der Waals surface area (Å²) in [7, 11) is 1.71. The Bertz CT molecular complexity index is 157. The SMILES string of the molecule is COC(C)C(C)NCC1(O)CCC1. The van der Waals surface area contributed by atoms with Gasteiger partial charge in [-0.1, -0.05) is 0 Å². The van der Waals surface area contributed by atoms with Crippen LogP contribution in [-0.2, 0) is 4.74 Å². The van der Waals surface area contributed by atoms with Gasteiger partial charge in [0.25, 0.3) is 0 Å². The molecule has 0 saturated heterocycles. The Hall–Kier alpha value is -0.120. The van der Waals surface area contributed by atoms with Gasteiger partial charge in [-0.3, -0.25) is 0 Å². The second-order valence-corrected chi connectivity index (χ2v) is 4.19. The molecule has 1 aliphatic rings. The van der Waals surface area contributed by atoms with Crippen molar-refractivity contribution in [2.24, 2.45) is 0 Å². The molecule has 1 rings (SSSR count). The van der Waals surface area contributed by atoms with Gasteiger partial charge < -0.3 is 15.2 Å². The fraction of sp³-hybridized carbons (Fsp3) is 1.00. The van der Waals surface area contributed by atoms with Crippen LogP contribution in [0.15, 0.2) is 0 Å². The van der Waals surface area contributed by atoms with Crippen LogP contribution in [0.25, 0.3) is 0 Å². The third-order valence-electron chi connectivity index (χ3n) is 3.11. The monoisotopic (exact) mass is 187 g/mol. The molecule has 0 aromatic carbocycles. The van der Waals surface area contributed by atoms with Gasteiger partial charge in [0.1, 0.15) is 0 Å². The van der Waals surface area contributed by atoms with E-state index in [1.54, 1.807) is 7.11 Å². The fourth-order valence-corrected chi connectivity index (χ4v) is 1.48. The minimum absolute atomic E-state index is 0.198. The molecular weight excluding hydrogens is 166 g/mol. The average molecular weight is 187 g/mol. The summed E-state index contributed by atoms with van der Waals surface area (Å²) < 4.78 is 5.18. The molecule has 0 aromatic rings. The molecule has 2 N–H and O–H groups in total. The maximum absolute atomic E-state index is 9.81. The van der Waals surface area contributed by atoms with Crippen LogP contribution in [0, 0.1) is 0 Å². The zero-order chi connectivity index (χ0) is 9.90. The Morgan fingerprint density at radius 2 is 2.08 bits per heavy atom. The van der Waals surface area contributed by atoms with E-state index in [0.717, 1.165) is 19.3 Å². The number of ether oxygens (including phenoxy) is 1. The lowest BCUT2D eigenvalue weighted by molar-refractivity contribution is -0.0369. The van der Waals surface area contributed by atoms with E-state index in [4.69, 9.17) is 4.74 Å². The Kier molecular flexibility index (Phi) is 3.71. The molecule has 0 heterocycles. The van der Waals surface area contributed by atoms with Gasteiger partial charge in [0, 0.05) is 19.7 Å². The second-order valence-electron chi connectivity index (χ2n) is 4.19. The van der Waals surface area contributed by atoms with Crippen molar-refractivity contribution in [3.63, 3.8) is 0 Å². The average Bonchev–Trinajstić information content (AvgIpc) is 2.09. The number of nitrogens with one attached hydrogen (secondary N) is 1. The smallest absolute Gasteiger partial charge is 0.0771 e. The van der Waals surface area contributed by atoms with Crippen LogP contribution in [0.5, 0.6) is 0 Å². The van der Waals surface area contributed by atoms with Gasteiger partial charge in [0.15, 0.2) is 0 Å². The van der Waals surface area contributed by atoms with Crippen molar-refractivity contribution in [3.05, 3.63) is 0 Å². The molecular formula is C10H21NO2. The third-order valence-corrected chi connectivity index (χ3v) is 3.11. The molecule has 0 radical (unpaired) electrons. The quantitative estimate of drug-likeness (QED) is 0.672. The van der Waals surface area contributed by atoms with Crippen molar-refractivity contribution >= 4 is 0 Å². The predicted molar refractivity (Wildman–Crippen MR) is 52.7 cm³/mol. The first-order chi connectivity index (χ1) is 6.07. The molecule has 2 unspecified atom stereocenters. The van der Waals surface area contributed by atoms with Crippen LogP contribution in [0.2, 0.25) is 0 Å². The lowest BCUT2D eigenvalue weighted by atomic mass is 9.80. The van der Waals surface area contributed by atoms with Crippen molar-refractivity contribution in [2.75, 3.05) is 13.7 Å². The highest BCUT2D eigenvalue weighted by Crippen LogP contribution is 2.30. The predicted octanol–water partition coefficient (Wildman–Crippen LogP) is 0.914. The van der Waals surface area contributed by atoms with Gasteiger partial charge in [-0.15, -0.1) is 0 Å². The van der Waals surface area contributed by atoms with E-state index < -0.39 is 5.60 Å². The van der Waals surface area contributed by atoms with Crippen LogP contribution in [0.1, 0.15) is 33.1 Å². The van der Waals surface area contributed by atoms with Crippen molar-refractivity contribution in [1.82, 2.24) is 5.32 Å². The van der Waals surface area contributed by atoms with Crippen molar-refractivity contribution in [2.45, 2.75) is 50.9 Å². The van der Waals surface area contributed by atoms with Crippen LogP contribution >= 0.6 is 0 Å². The summed E-state index contributed by atoms with van der Waals surface area (Å²) in [6.45, 7) is 4.81. The molecule has 2 atom stereocenters. The van der Waals surface area contributed by atoms with Gasteiger partial charge in [0.2, 0.25) is 0 Å². The van der Waals surface area contributed by atoms with Gasteiger partial charge in [-0.05, 0) is 33.1 Å². The van der Waals surface area contributed by atoms with Gasteiger partial charge in [-0.25, -0.2) is 0 Å². The third kappa shape index (κ3) is 2.93. The first-order valence-corrected chi connectivity index (χ1v) is 5.06. The number of methoxy groups -OCH3 is 1. The van der Waals surface area contributed by atoms with Gasteiger partial charge >= 0.3 is 0 Å². The largest absolute Gasteiger partial charge is 0.389 e. The molecule has 0 aliphatic heterocycles. The second kappa shape index (κ2) is 4.40. The van der Waals surface area contributed by atoms with Crippen molar-refractivity contribution in [3.8, 4) is 0 Å². The Morgan fingerprint density at radius 3 is 2.46 bits per heavy atom. The summed E-state index contributed by atoms with van der Waals surface area (Å²) in [5.74, 6) is 0.